The van der Waals surface area contributed by atoms with Gasteiger partial charge in [0.15, 0.2) is 0 Å². The lowest BCUT2D eigenvalue weighted by Crippen LogP contribution is -2.46. The van der Waals surface area contributed by atoms with Crippen LogP contribution < -0.4 is 4.90 Å². The maximum absolute atomic E-state index is 13.4. The molecule has 3 aliphatic rings. The number of likely N-dealkylation sites (tertiary alicyclic amines) is 1. The Bertz CT molecular complexity index is 556. The highest BCUT2D eigenvalue weighted by molar-refractivity contribution is 5.46. The maximum atomic E-state index is 13.4. The SMILES string of the molecule is OCC1(CO)C2CN(C3CCN(c4cccc(F)c4)CC3)CC21. The predicted octanol–water partition coefficient (Wildman–Crippen LogP) is 1.33. The lowest BCUT2D eigenvalue weighted by atomic mass is 9.98. The highest BCUT2D eigenvalue weighted by Crippen LogP contribution is 2.62. The highest BCUT2D eigenvalue weighted by Gasteiger charge is 2.67. The molecule has 0 aromatic heterocycles. The summed E-state index contributed by atoms with van der Waals surface area (Å²) in [5, 5.41) is 19.1. The molecule has 2 unspecified atom stereocenters. The fourth-order valence-corrected chi connectivity index (χ4v) is 4.85. The van der Waals surface area contributed by atoms with Gasteiger partial charge in [0.05, 0.1) is 13.2 Å². The first-order chi connectivity index (χ1) is 11.2. The van der Waals surface area contributed by atoms with Crippen molar-refractivity contribution in [1.29, 1.82) is 0 Å². The molecule has 1 aliphatic carbocycles. The first-order valence-electron chi connectivity index (χ1n) is 8.64. The van der Waals surface area contributed by atoms with E-state index in [0.29, 0.717) is 17.9 Å². The van der Waals surface area contributed by atoms with Crippen molar-refractivity contribution in [2.75, 3.05) is 44.3 Å². The molecule has 2 atom stereocenters. The van der Waals surface area contributed by atoms with Crippen molar-refractivity contribution < 1.29 is 14.6 Å². The lowest BCUT2D eigenvalue weighted by Gasteiger charge is -2.39. The van der Waals surface area contributed by atoms with Gasteiger partial charge in [-0.15, -0.1) is 0 Å². The van der Waals surface area contributed by atoms with E-state index in [1.54, 1.807) is 12.1 Å². The Hall–Kier alpha value is -1.17. The second kappa shape index (κ2) is 5.72. The van der Waals surface area contributed by atoms with E-state index in [0.717, 1.165) is 44.7 Å². The summed E-state index contributed by atoms with van der Waals surface area (Å²) in [6, 6.07) is 7.44. The zero-order valence-electron chi connectivity index (χ0n) is 13.4. The fourth-order valence-electron chi connectivity index (χ4n) is 4.85. The number of fused-ring (bicyclic) bond motifs is 1. The van der Waals surface area contributed by atoms with Gasteiger partial charge in [-0.25, -0.2) is 4.39 Å². The fraction of sp³-hybridized carbons (Fsp3) is 0.667. The van der Waals surface area contributed by atoms with Crippen LogP contribution >= 0.6 is 0 Å². The van der Waals surface area contributed by atoms with Gasteiger partial charge in [-0.1, -0.05) is 6.07 Å². The first-order valence-corrected chi connectivity index (χ1v) is 8.64. The Morgan fingerprint density at radius 2 is 1.74 bits per heavy atom. The molecule has 1 saturated carbocycles. The summed E-state index contributed by atoms with van der Waals surface area (Å²) in [6.07, 6.45) is 2.20. The van der Waals surface area contributed by atoms with E-state index in [1.165, 1.54) is 6.07 Å². The van der Waals surface area contributed by atoms with Crippen LogP contribution in [0.3, 0.4) is 0 Å². The zero-order chi connectivity index (χ0) is 16.0. The van der Waals surface area contributed by atoms with Crippen molar-refractivity contribution in [2.24, 2.45) is 17.3 Å². The normalized spacial score (nSPS) is 30.5. The Morgan fingerprint density at radius 1 is 1.09 bits per heavy atom. The first kappa shape index (κ1) is 15.4. The summed E-state index contributed by atoms with van der Waals surface area (Å²) in [5.74, 6) is 0.770. The summed E-state index contributed by atoms with van der Waals surface area (Å²) in [5.41, 5.74) is 0.783. The molecule has 0 spiro atoms. The topological polar surface area (TPSA) is 46.9 Å². The summed E-state index contributed by atoms with van der Waals surface area (Å²) in [7, 11) is 0. The van der Waals surface area contributed by atoms with Crippen LogP contribution in [0.1, 0.15) is 12.8 Å². The van der Waals surface area contributed by atoms with Crippen molar-refractivity contribution >= 4 is 5.69 Å². The minimum absolute atomic E-state index is 0.116. The molecule has 1 aromatic carbocycles. The van der Waals surface area contributed by atoms with Gasteiger partial charge in [0.25, 0.3) is 0 Å². The minimum Gasteiger partial charge on any atom is -0.396 e. The number of piperidine rings is 2. The third-order valence-electron chi connectivity index (χ3n) is 6.46. The third kappa shape index (κ3) is 2.46. The molecule has 5 heteroatoms. The Labute approximate surface area is 136 Å². The van der Waals surface area contributed by atoms with Crippen molar-refractivity contribution in [3.8, 4) is 0 Å². The van der Waals surface area contributed by atoms with Gasteiger partial charge in [-0.2, -0.15) is 0 Å². The summed E-state index contributed by atoms with van der Waals surface area (Å²) < 4.78 is 13.4. The average Bonchev–Trinajstić information content (AvgIpc) is 2.95. The van der Waals surface area contributed by atoms with Crippen LogP contribution in [0.4, 0.5) is 10.1 Å². The molecule has 126 valence electrons. The number of halogens is 1. The summed E-state index contributed by atoms with van der Waals surface area (Å²) in [6.45, 7) is 4.18. The molecule has 0 amide bonds. The average molecular weight is 320 g/mol. The number of nitrogens with zero attached hydrogens (tertiary/aromatic N) is 2. The van der Waals surface area contributed by atoms with Gasteiger partial charge in [0.2, 0.25) is 0 Å². The monoisotopic (exact) mass is 320 g/mol. The molecular weight excluding hydrogens is 295 g/mol. The second-order valence-corrected chi connectivity index (χ2v) is 7.41. The molecule has 4 nitrogen and oxygen atoms in total. The van der Waals surface area contributed by atoms with E-state index >= 15 is 0 Å². The number of anilines is 1. The number of rotatable bonds is 4. The summed E-state index contributed by atoms with van der Waals surface area (Å²) >= 11 is 0. The van der Waals surface area contributed by atoms with Crippen LogP contribution in [-0.4, -0.2) is 60.5 Å². The van der Waals surface area contributed by atoms with Gasteiger partial charge < -0.3 is 15.1 Å². The molecular formula is C18H25FN2O2. The molecule has 2 aliphatic heterocycles. The standard InChI is InChI=1S/C18H25FN2O2/c19-13-2-1-3-15(8-13)20-6-4-14(5-7-20)21-9-16-17(10-21)18(16,11-22)12-23/h1-3,8,14,16-17,22-23H,4-7,9-12H2. The molecule has 1 aromatic rings. The number of aliphatic hydroxyl groups is 2. The Kier molecular flexibility index (Phi) is 3.82. The van der Waals surface area contributed by atoms with Crippen LogP contribution in [-0.2, 0) is 0 Å². The van der Waals surface area contributed by atoms with E-state index < -0.39 is 0 Å². The smallest absolute Gasteiger partial charge is 0.125 e. The van der Waals surface area contributed by atoms with E-state index in [1.807, 2.05) is 6.07 Å². The van der Waals surface area contributed by atoms with Crippen LogP contribution in [0.15, 0.2) is 24.3 Å². The number of aliphatic hydroxyl groups excluding tert-OH is 2. The molecule has 0 radical (unpaired) electrons. The second-order valence-electron chi connectivity index (χ2n) is 7.41. The third-order valence-corrected chi connectivity index (χ3v) is 6.46. The molecule has 2 N–H and O–H groups in total. The molecule has 4 rings (SSSR count). The quantitative estimate of drug-likeness (QED) is 0.879. The largest absolute Gasteiger partial charge is 0.396 e. The van der Waals surface area contributed by atoms with Crippen LogP contribution in [0.2, 0.25) is 0 Å². The number of benzene rings is 1. The number of hydrogen-bond acceptors (Lipinski definition) is 4. The van der Waals surface area contributed by atoms with Gasteiger partial charge in [0.1, 0.15) is 5.82 Å². The minimum atomic E-state index is -0.196. The van der Waals surface area contributed by atoms with Crippen molar-refractivity contribution in [1.82, 2.24) is 4.90 Å². The van der Waals surface area contributed by atoms with Crippen LogP contribution in [0, 0.1) is 23.1 Å². The van der Waals surface area contributed by atoms with Crippen LogP contribution in [0.25, 0.3) is 0 Å². The molecule has 2 heterocycles. The van der Waals surface area contributed by atoms with Gasteiger partial charge in [0, 0.05) is 43.3 Å². The van der Waals surface area contributed by atoms with Gasteiger partial charge >= 0.3 is 0 Å². The van der Waals surface area contributed by atoms with Crippen LogP contribution in [0.5, 0.6) is 0 Å². The van der Waals surface area contributed by atoms with Gasteiger partial charge in [-0.3, -0.25) is 4.90 Å². The van der Waals surface area contributed by atoms with Crippen molar-refractivity contribution in [2.45, 2.75) is 18.9 Å². The number of hydrogen-bond donors (Lipinski definition) is 2. The van der Waals surface area contributed by atoms with E-state index in [2.05, 4.69) is 9.80 Å². The van der Waals surface area contributed by atoms with Crippen molar-refractivity contribution in [3.05, 3.63) is 30.1 Å². The molecule has 0 bridgehead atoms. The molecule has 23 heavy (non-hydrogen) atoms. The Balaban J connectivity index is 1.32. The lowest BCUT2D eigenvalue weighted by molar-refractivity contribution is 0.0741. The summed E-state index contributed by atoms with van der Waals surface area (Å²) in [4.78, 5) is 4.81. The highest BCUT2D eigenvalue weighted by atomic mass is 19.1. The predicted molar refractivity (Wildman–Crippen MR) is 86.8 cm³/mol. The zero-order valence-corrected chi connectivity index (χ0v) is 13.4. The molecule has 3 fully saturated rings. The van der Waals surface area contributed by atoms with E-state index in [9.17, 15) is 14.6 Å². The maximum Gasteiger partial charge on any atom is 0.125 e. The van der Waals surface area contributed by atoms with Crippen molar-refractivity contribution in [3.63, 3.8) is 0 Å². The van der Waals surface area contributed by atoms with E-state index in [-0.39, 0.29) is 24.4 Å². The van der Waals surface area contributed by atoms with E-state index in [4.69, 9.17) is 0 Å². The molecule has 2 saturated heterocycles. The van der Waals surface area contributed by atoms with Gasteiger partial charge in [-0.05, 0) is 42.9 Å². The Morgan fingerprint density at radius 3 is 2.30 bits per heavy atom.